The summed E-state index contributed by atoms with van der Waals surface area (Å²) >= 11 is 0. The van der Waals surface area contributed by atoms with E-state index in [1.807, 2.05) is 51.1 Å². The van der Waals surface area contributed by atoms with Crippen molar-refractivity contribution in [2.75, 3.05) is 51.3 Å². The largest absolute Gasteiger partial charge is 0.461 e. The van der Waals surface area contributed by atoms with Gasteiger partial charge in [-0.25, -0.2) is 9.59 Å². The van der Waals surface area contributed by atoms with Gasteiger partial charge in [-0.1, -0.05) is 30.3 Å². The van der Waals surface area contributed by atoms with Crippen molar-refractivity contribution in [3.8, 4) is 12.1 Å². The fourth-order valence-corrected chi connectivity index (χ4v) is 6.13. The molecule has 2 atom stereocenters. The van der Waals surface area contributed by atoms with Crippen molar-refractivity contribution in [1.29, 1.82) is 5.26 Å². The molecule has 1 unspecified atom stereocenters. The van der Waals surface area contributed by atoms with E-state index < -0.39 is 17.8 Å². The molecule has 1 aromatic heterocycles. The number of hydrogen-bond donors (Lipinski definition) is 0. The molecular weight excluding hydrogens is 574 g/mol. The predicted octanol–water partition coefficient (Wildman–Crippen LogP) is 4.37. The molecule has 0 aliphatic carbocycles. The van der Waals surface area contributed by atoms with Crippen LogP contribution in [0.1, 0.15) is 63.8 Å². The Morgan fingerprint density at radius 2 is 1.87 bits per heavy atom. The minimum absolute atomic E-state index is 0.121. The highest BCUT2D eigenvalue weighted by molar-refractivity contribution is 5.70. The number of piperazine rings is 1. The zero-order valence-electron chi connectivity index (χ0n) is 27.1. The molecule has 2 fully saturated rings. The molecule has 12 nitrogen and oxygen atoms in total. The van der Waals surface area contributed by atoms with Gasteiger partial charge in [-0.3, -0.25) is 4.90 Å². The standard InChI is InChI=1S/C33H45N7O5/c1-32(2,3)45-31(42)40-19-18-38(20-25(40)12-15-34)28-26-13-17-39(30(41)43-22-24-10-7-6-8-11-24)21-27(26)35-29(36-28)44-23-33(4)14-9-16-37(33)5/h6-8,10-11,25H,9,12-14,16-23H2,1-5H3/t25-,33?/m0/s1. The number of ether oxygens (including phenoxy) is 3. The smallest absolute Gasteiger partial charge is 0.410 e. The minimum Gasteiger partial charge on any atom is -0.461 e. The lowest BCUT2D eigenvalue weighted by Crippen LogP contribution is -2.56. The van der Waals surface area contributed by atoms with Crippen LogP contribution in [0, 0.1) is 11.3 Å². The van der Waals surface area contributed by atoms with E-state index in [1.165, 1.54) is 0 Å². The first-order valence-electron chi connectivity index (χ1n) is 15.8. The maximum atomic E-state index is 13.1. The summed E-state index contributed by atoms with van der Waals surface area (Å²) in [7, 11) is 2.11. The van der Waals surface area contributed by atoms with Crippen LogP contribution in [0.25, 0.3) is 0 Å². The molecular formula is C33H45N7O5. The van der Waals surface area contributed by atoms with Crippen LogP contribution < -0.4 is 9.64 Å². The quantitative estimate of drug-likeness (QED) is 0.441. The van der Waals surface area contributed by atoms with Gasteiger partial charge in [0.2, 0.25) is 0 Å². The molecule has 4 heterocycles. The normalized spacial score (nSPS) is 22.0. The molecule has 5 rings (SSSR count). The number of nitriles is 1. The summed E-state index contributed by atoms with van der Waals surface area (Å²) in [5, 5.41) is 9.61. The van der Waals surface area contributed by atoms with Gasteiger partial charge in [0.1, 0.15) is 24.6 Å². The van der Waals surface area contributed by atoms with Crippen LogP contribution in [0.15, 0.2) is 30.3 Å². The van der Waals surface area contributed by atoms with Crippen LogP contribution in [0.5, 0.6) is 6.01 Å². The van der Waals surface area contributed by atoms with Crippen molar-refractivity contribution >= 4 is 18.0 Å². The number of carbonyl (C=O) groups is 2. The lowest BCUT2D eigenvalue weighted by atomic mass is 10.0. The zero-order chi connectivity index (χ0) is 32.2. The fraction of sp³-hybridized carbons (Fsp3) is 0.606. The molecule has 3 aliphatic heterocycles. The Morgan fingerprint density at radius 1 is 1.09 bits per heavy atom. The summed E-state index contributed by atoms with van der Waals surface area (Å²) in [5.41, 5.74) is 1.83. The Hall–Kier alpha value is -4.11. The number of likely N-dealkylation sites (tertiary alicyclic amines) is 1. The maximum absolute atomic E-state index is 13.1. The van der Waals surface area contributed by atoms with E-state index in [9.17, 15) is 14.9 Å². The molecule has 242 valence electrons. The van der Waals surface area contributed by atoms with Gasteiger partial charge in [0, 0.05) is 31.7 Å². The van der Waals surface area contributed by atoms with Crippen molar-refractivity contribution in [3.05, 3.63) is 47.2 Å². The molecule has 45 heavy (non-hydrogen) atoms. The molecule has 1 aromatic carbocycles. The minimum atomic E-state index is -0.637. The number of rotatable bonds is 7. The second-order valence-electron chi connectivity index (χ2n) is 13.4. The Kier molecular flexibility index (Phi) is 9.68. The monoisotopic (exact) mass is 619 g/mol. The Labute approximate surface area is 265 Å². The topological polar surface area (TPSA) is 124 Å². The highest BCUT2D eigenvalue weighted by atomic mass is 16.6. The predicted molar refractivity (Wildman–Crippen MR) is 168 cm³/mol. The zero-order valence-corrected chi connectivity index (χ0v) is 27.1. The second kappa shape index (κ2) is 13.5. The molecule has 0 bridgehead atoms. The van der Waals surface area contributed by atoms with Crippen LogP contribution in [0.2, 0.25) is 0 Å². The molecule has 3 aliphatic rings. The lowest BCUT2D eigenvalue weighted by molar-refractivity contribution is 0.0144. The van der Waals surface area contributed by atoms with E-state index >= 15 is 0 Å². The highest BCUT2D eigenvalue weighted by Gasteiger charge is 2.38. The van der Waals surface area contributed by atoms with Gasteiger partial charge in [-0.05, 0) is 66.1 Å². The van der Waals surface area contributed by atoms with Crippen molar-refractivity contribution in [1.82, 2.24) is 24.7 Å². The summed E-state index contributed by atoms with van der Waals surface area (Å²) in [5.74, 6) is 0.726. The fourth-order valence-electron chi connectivity index (χ4n) is 6.13. The third-order valence-corrected chi connectivity index (χ3v) is 8.87. The summed E-state index contributed by atoms with van der Waals surface area (Å²) in [4.78, 5) is 43.6. The van der Waals surface area contributed by atoms with Crippen LogP contribution >= 0.6 is 0 Å². The summed E-state index contributed by atoms with van der Waals surface area (Å²) < 4.78 is 17.6. The highest BCUT2D eigenvalue weighted by Crippen LogP contribution is 2.33. The van der Waals surface area contributed by atoms with Crippen molar-refractivity contribution in [2.24, 2.45) is 0 Å². The van der Waals surface area contributed by atoms with Crippen LogP contribution in [-0.2, 0) is 29.0 Å². The third kappa shape index (κ3) is 7.76. The Morgan fingerprint density at radius 3 is 2.56 bits per heavy atom. The second-order valence-corrected chi connectivity index (χ2v) is 13.4. The van der Waals surface area contributed by atoms with Crippen LogP contribution in [-0.4, -0.2) is 100 Å². The lowest BCUT2D eigenvalue weighted by Gasteiger charge is -2.42. The molecule has 0 spiro atoms. The van der Waals surface area contributed by atoms with E-state index in [-0.39, 0.29) is 37.2 Å². The van der Waals surface area contributed by atoms with Crippen molar-refractivity contribution in [2.45, 2.75) is 83.7 Å². The molecule has 0 saturated carbocycles. The first-order valence-corrected chi connectivity index (χ1v) is 15.8. The first kappa shape index (κ1) is 32.3. The van der Waals surface area contributed by atoms with E-state index in [2.05, 4.69) is 29.8 Å². The van der Waals surface area contributed by atoms with Gasteiger partial charge in [0.25, 0.3) is 0 Å². The van der Waals surface area contributed by atoms with Gasteiger partial charge in [0.15, 0.2) is 0 Å². The van der Waals surface area contributed by atoms with Gasteiger partial charge in [0.05, 0.1) is 36.3 Å². The number of likely N-dealkylation sites (N-methyl/N-ethyl adjacent to an activating group) is 1. The molecule has 2 aromatic rings. The van der Waals surface area contributed by atoms with Crippen molar-refractivity contribution < 1.29 is 23.8 Å². The average Bonchev–Trinajstić information content (AvgIpc) is 3.35. The number of anilines is 1. The van der Waals surface area contributed by atoms with Crippen LogP contribution in [0.4, 0.5) is 15.4 Å². The van der Waals surface area contributed by atoms with E-state index in [0.717, 1.165) is 36.3 Å². The Balaban J connectivity index is 1.38. The Bertz CT molecular complexity index is 1410. The number of benzene rings is 1. The maximum Gasteiger partial charge on any atom is 0.410 e. The third-order valence-electron chi connectivity index (χ3n) is 8.87. The number of fused-ring (bicyclic) bond motifs is 1. The van der Waals surface area contributed by atoms with Gasteiger partial charge < -0.3 is 28.9 Å². The number of nitrogens with zero attached hydrogens (tertiary/aromatic N) is 7. The van der Waals surface area contributed by atoms with E-state index in [1.54, 1.807) is 9.80 Å². The van der Waals surface area contributed by atoms with Gasteiger partial charge in [-0.15, -0.1) is 0 Å². The van der Waals surface area contributed by atoms with E-state index in [0.29, 0.717) is 44.9 Å². The van der Waals surface area contributed by atoms with Gasteiger partial charge in [-0.2, -0.15) is 15.2 Å². The molecule has 2 saturated heterocycles. The first-order chi connectivity index (χ1) is 21.5. The molecule has 12 heteroatoms. The van der Waals surface area contributed by atoms with Crippen molar-refractivity contribution in [3.63, 3.8) is 0 Å². The number of carbonyl (C=O) groups excluding carboxylic acids is 2. The summed E-state index contributed by atoms with van der Waals surface area (Å²) in [6.07, 6.45) is 2.01. The summed E-state index contributed by atoms with van der Waals surface area (Å²) in [6, 6.07) is 11.7. The average molecular weight is 620 g/mol. The molecule has 0 N–H and O–H groups in total. The number of hydrogen-bond acceptors (Lipinski definition) is 10. The van der Waals surface area contributed by atoms with Gasteiger partial charge >= 0.3 is 18.2 Å². The number of aromatic nitrogens is 2. The van der Waals surface area contributed by atoms with Crippen LogP contribution in [0.3, 0.4) is 0 Å². The number of amides is 2. The van der Waals surface area contributed by atoms with E-state index in [4.69, 9.17) is 24.2 Å². The summed E-state index contributed by atoms with van der Waals surface area (Å²) in [6.45, 7) is 11.4. The molecule has 0 radical (unpaired) electrons. The molecule has 2 amide bonds. The SMILES string of the molecule is CN1CCCC1(C)COc1nc2c(c(N3CCN(C(=O)OC(C)(C)C)[C@@H](CC#N)C3)n1)CCN(C(=O)OCc1ccccc1)C2.